The Morgan fingerprint density at radius 3 is 2.74 bits per heavy atom. The summed E-state index contributed by atoms with van der Waals surface area (Å²) in [5.74, 6) is 0.670. The topological polar surface area (TPSA) is 97.3 Å². The Morgan fingerprint density at radius 2 is 1.91 bits per heavy atom. The standard InChI is InChI=1S/C27H31N5O3/c1-16(32-11-9-20-24(28)30-15-31-25(20)32)22-23(35-26(2,3)34-22)27(4)13-19(14-27)33-18-8-7-17-6-5-10-29-21(17)12-18/h5-12,15-16,19,22-23H,13-14H2,1-4H3,(H2,28,30,31)/t16-,19?,22+,23+,27?/m1/s1. The van der Waals surface area contributed by atoms with Gasteiger partial charge in [0.25, 0.3) is 0 Å². The van der Waals surface area contributed by atoms with E-state index in [0.29, 0.717) is 5.82 Å². The van der Waals surface area contributed by atoms with Gasteiger partial charge in [-0.15, -0.1) is 0 Å². The van der Waals surface area contributed by atoms with Crippen molar-refractivity contribution in [3.8, 4) is 5.75 Å². The number of fused-ring (bicyclic) bond motifs is 2. The van der Waals surface area contributed by atoms with Crippen LogP contribution in [0.1, 0.15) is 46.6 Å². The van der Waals surface area contributed by atoms with Crippen LogP contribution in [0, 0.1) is 5.41 Å². The molecule has 1 aromatic carbocycles. The fourth-order valence-corrected chi connectivity index (χ4v) is 5.77. The first-order valence-corrected chi connectivity index (χ1v) is 12.2. The van der Waals surface area contributed by atoms with E-state index in [4.69, 9.17) is 19.9 Å². The fraction of sp³-hybridized carbons (Fsp3) is 0.444. The first-order valence-electron chi connectivity index (χ1n) is 12.2. The van der Waals surface area contributed by atoms with Gasteiger partial charge in [-0.2, -0.15) is 0 Å². The normalized spacial score (nSPS) is 28.7. The Morgan fingerprint density at radius 1 is 1.09 bits per heavy atom. The molecule has 35 heavy (non-hydrogen) atoms. The van der Waals surface area contributed by atoms with Gasteiger partial charge in [-0.25, -0.2) is 9.97 Å². The minimum absolute atomic E-state index is 0.00284. The van der Waals surface area contributed by atoms with E-state index in [1.54, 1.807) is 6.20 Å². The summed E-state index contributed by atoms with van der Waals surface area (Å²) in [5, 5.41) is 1.96. The lowest BCUT2D eigenvalue weighted by Gasteiger charge is -2.49. The number of nitrogens with zero attached hydrogens (tertiary/aromatic N) is 4. The second-order valence-electron chi connectivity index (χ2n) is 10.6. The number of ether oxygens (including phenoxy) is 3. The number of hydrogen-bond acceptors (Lipinski definition) is 7. The van der Waals surface area contributed by atoms with Crippen molar-refractivity contribution in [2.75, 3.05) is 5.73 Å². The smallest absolute Gasteiger partial charge is 0.163 e. The van der Waals surface area contributed by atoms with E-state index < -0.39 is 5.79 Å². The van der Waals surface area contributed by atoms with Crippen molar-refractivity contribution in [3.05, 3.63) is 55.1 Å². The first-order chi connectivity index (χ1) is 16.7. The van der Waals surface area contributed by atoms with Gasteiger partial charge in [0.15, 0.2) is 5.79 Å². The third-order valence-electron chi connectivity index (χ3n) is 7.54. The minimum atomic E-state index is -0.667. The molecule has 0 unspecified atom stereocenters. The van der Waals surface area contributed by atoms with Gasteiger partial charge in [0.05, 0.1) is 29.2 Å². The highest BCUT2D eigenvalue weighted by molar-refractivity contribution is 5.86. The summed E-state index contributed by atoms with van der Waals surface area (Å²) in [6, 6.07) is 12.1. The highest BCUT2D eigenvalue weighted by Gasteiger charge is 2.57. The molecule has 8 nitrogen and oxygen atoms in total. The number of nitrogens with two attached hydrogens (primary N) is 1. The molecule has 2 fully saturated rings. The number of hydrogen-bond donors (Lipinski definition) is 1. The zero-order valence-electron chi connectivity index (χ0n) is 20.5. The van der Waals surface area contributed by atoms with E-state index in [-0.39, 0.29) is 29.8 Å². The lowest BCUT2D eigenvalue weighted by atomic mass is 9.63. The van der Waals surface area contributed by atoms with E-state index >= 15 is 0 Å². The molecule has 1 saturated carbocycles. The minimum Gasteiger partial charge on any atom is -0.490 e. The zero-order valence-corrected chi connectivity index (χ0v) is 20.5. The van der Waals surface area contributed by atoms with Gasteiger partial charge < -0.3 is 24.5 Å². The second-order valence-corrected chi connectivity index (χ2v) is 10.6. The van der Waals surface area contributed by atoms with Gasteiger partial charge >= 0.3 is 0 Å². The second kappa shape index (κ2) is 7.90. The Bertz CT molecular complexity index is 1390. The van der Waals surface area contributed by atoms with Gasteiger partial charge in [0.2, 0.25) is 0 Å². The number of pyridine rings is 1. The van der Waals surface area contributed by atoms with Crippen molar-refractivity contribution < 1.29 is 14.2 Å². The maximum Gasteiger partial charge on any atom is 0.163 e. The molecule has 3 atom stereocenters. The molecule has 2 N–H and O–H groups in total. The predicted octanol–water partition coefficient (Wildman–Crippen LogP) is 4.89. The number of nitrogen functional groups attached to an aromatic ring is 1. The molecule has 0 spiro atoms. The molecule has 0 bridgehead atoms. The summed E-state index contributed by atoms with van der Waals surface area (Å²) in [5.41, 5.74) is 7.75. The summed E-state index contributed by atoms with van der Waals surface area (Å²) >= 11 is 0. The number of anilines is 1. The molecule has 182 valence electrons. The molecule has 1 aliphatic heterocycles. The number of benzene rings is 1. The molecule has 0 radical (unpaired) electrons. The van der Waals surface area contributed by atoms with Crippen molar-refractivity contribution in [2.24, 2.45) is 5.41 Å². The summed E-state index contributed by atoms with van der Waals surface area (Å²) < 4.78 is 21.5. The van der Waals surface area contributed by atoms with Crippen LogP contribution in [0.25, 0.3) is 21.9 Å². The van der Waals surface area contributed by atoms with Crippen molar-refractivity contribution in [1.29, 1.82) is 0 Å². The summed E-state index contributed by atoms with van der Waals surface area (Å²) in [7, 11) is 0. The van der Waals surface area contributed by atoms with E-state index in [0.717, 1.165) is 40.5 Å². The van der Waals surface area contributed by atoms with Gasteiger partial charge in [0, 0.05) is 29.3 Å². The Kier molecular flexibility index (Phi) is 5.02. The SMILES string of the molecule is C[C@H]([C@@H]1OC(C)(C)O[C@@H]1C1(C)CC(Oc2ccc3cccnc3c2)C1)n1ccc2c(N)ncnc21. The van der Waals surface area contributed by atoms with Crippen LogP contribution in [0.2, 0.25) is 0 Å². The lowest BCUT2D eigenvalue weighted by Crippen LogP contribution is -2.53. The van der Waals surface area contributed by atoms with Gasteiger partial charge in [-0.1, -0.05) is 13.0 Å². The highest BCUT2D eigenvalue weighted by atomic mass is 16.8. The third-order valence-corrected chi connectivity index (χ3v) is 7.54. The van der Waals surface area contributed by atoms with Crippen LogP contribution in [0.5, 0.6) is 5.75 Å². The molecule has 2 aliphatic rings. The van der Waals surface area contributed by atoms with Gasteiger partial charge in [-0.05, 0) is 57.9 Å². The first kappa shape index (κ1) is 22.2. The molecule has 6 rings (SSSR count). The molecule has 3 aromatic heterocycles. The molecule has 0 amide bonds. The number of aromatic nitrogens is 4. The Balaban J connectivity index is 1.21. The summed E-state index contributed by atoms with van der Waals surface area (Å²) in [6.45, 7) is 8.40. The lowest BCUT2D eigenvalue weighted by molar-refractivity contribution is -0.172. The molecule has 8 heteroatoms. The zero-order chi connectivity index (χ0) is 24.4. The molecule has 4 heterocycles. The van der Waals surface area contributed by atoms with E-state index in [1.807, 2.05) is 44.3 Å². The third kappa shape index (κ3) is 3.81. The molecule has 1 aliphatic carbocycles. The van der Waals surface area contributed by atoms with Crippen LogP contribution in [0.4, 0.5) is 5.82 Å². The van der Waals surface area contributed by atoms with Crippen LogP contribution in [-0.4, -0.2) is 43.6 Å². The van der Waals surface area contributed by atoms with Crippen molar-refractivity contribution in [2.45, 2.75) is 70.7 Å². The fourth-order valence-electron chi connectivity index (χ4n) is 5.77. The van der Waals surface area contributed by atoms with Crippen molar-refractivity contribution in [3.63, 3.8) is 0 Å². The molecule has 1 saturated heterocycles. The summed E-state index contributed by atoms with van der Waals surface area (Å²) in [6.07, 6.45) is 7.01. The van der Waals surface area contributed by atoms with Crippen LogP contribution in [0.3, 0.4) is 0 Å². The Hall–Kier alpha value is -3.23. The monoisotopic (exact) mass is 473 g/mol. The van der Waals surface area contributed by atoms with Crippen molar-refractivity contribution in [1.82, 2.24) is 19.5 Å². The van der Waals surface area contributed by atoms with Gasteiger partial charge in [0.1, 0.15) is 29.6 Å². The van der Waals surface area contributed by atoms with Gasteiger partial charge in [-0.3, -0.25) is 4.98 Å². The van der Waals surface area contributed by atoms with E-state index in [9.17, 15) is 0 Å². The van der Waals surface area contributed by atoms with Crippen LogP contribution >= 0.6 is 0 Å². The van der Waals surface area contributed by atoms with Crippen molar-refractivity contribution >= 4 is 27.8 Å². The number of rotatable bonds is 5. The van der Waals surface area contributed by atoms with E-state index in [1.165, 1.54) is 6.33 Å². The quantitative estimate of drug-likeness (QED) is 0.441. The molecular formula is C27H31N5O3. The van der Waals surface area contributed by atoms with Crippen LogP contribution in [-0.2, 0) is 9.47 Å². The average Bonchev–Trinajstić information content (AvgIpc) is 3.39. The highest BCUT2D eigenvalue weighted by Crippen LogP contribution is 2.53. The Labute approximate surface area is 204 Å². The average molecular weight is 474 g/mol. The largest absolute Gasteiger partial charge is 0.490 e. The molecular weight excluding hydrogens is 442 g/mol. The maximum atomic E-state index is 6.52. The maximum absolute atomic E-state index is 6.52. The van der Waals surface area contributed by atoms with Crippen LogP contribution < -0.4 is 10.5 Å². The summed E-state index contributed by atoms with van der Waals surface area (Å²) in [4.78, 5) is 13.0. The van der Waals surface area contributed by atoms with E-state index in [2.05, 4.69) is 45.5 Å². The van der Waals surface area contributed by atoms with Crippen LogP contribution in [0.15, 0.2) is 55.1 Å². The predicted molar refractivity (Wildman–Crippen MR) is 134 cm³/mol. The molecule has 4 aromatic rings.